The molecule has 2 nitrogen and oxygen atoms in total. The zero-order chi connectivity index (χ0) is 10.8. The lowest BCUT2D eigenvalue weighted by Gasteiger charge is -1.97. The number of hydrogen-bond acceptors (Lipinski definition) is 3. The molecule has 0 saturated carbocycles. The average molecular weight is 329 g/mol. The standard InChI is InChI=1S/C11H8INOS/c1-7-2-3-8(5-13-7)11(14)9-4-10(12)15-6-9/h2-6H,1H3. The van der Waals surface area contributed by atoms with Crippen LogP contribution in [0.4, 0.5) is 0 Å². The van der Waals surface area contributed by atoms with E-state index >= 15 is 0 Å². The Labute approximate surface area is 106 Å². The number of halogens is 1. The van der Waals surface area contributed by atoms with Crippen molar-refractivity contribution in [3.05, 3.63) is 49.5 Å². The van der Waals surface area contributed by atoms with Crippen molar-refractivity contribution in [3.63, 3.8) is 0 Å². The first-order valence-electron chi connectivity index (χ1n) is 4.38. The van der Waals surface area contributed by atoms with Gasteiger partial charge >= 0.3 is 0 Å². The molecule has 0 unspecified atom stereocenters. The molecule has 2 aromatic rings. The van der Waals surface area contributed by atoms with Gasteiger partial charge in [-0.1, -0.05) is 0 Å². The summed E-state index contributed by atoms with van der Waals surface area (Å²) in [5.74, 6) is 0.0432. The van der Waals surface area contributed by atoms with Crippen molar-refractivity contribution >= 4 is 39.7 Å². The van der Waals surface area contributed by atoms with Crippen molar-refractivity contribution < 1.29 is 4.79 Å². The number of ketones is 1. The molecule has 0 aliphatic rings. The Morgan fingerprint density at radius 1 is 1.40 bits per heavy atom. The summed E-state index contributed by atoms with van der Waals surface area (Å²) < 4.78 is 1.12. The molecule has 0 saturated heterocycles. The van der Waals surface area contributed by atoms with Gasteiger partial charge in [0.25, 0.3) is 0 Å². The largest absolute Gasteiger partial charge is 0.289 e. The van der Waals surface area contributed by atoms with Crippen LogP contribution in [0.2, 0.25) is 0 Å². The zero-order valence-electron chi connectivity index (χ0n) is 8.03. The van der Waals surface area contributed by atoms with Crippen molar-refractivity contribution in [2.45, 2.75) is 6.92 Å². The number of aromatic nitrogens is 1. The molecule has 76 valence electrons. The Hall–Kier alpha value is -0.750. The van der Waals surface area contributed by atoms with Gasteiger partial charge in [-0.15, -0.1) is 11.3 Å². The van der Waals surface area contributed by atoms with Crippen LogP contribution in [0.5, 0.6) is 0 Å². The number of aryl methyl sites for hydroxylation is 1. The quantitative estimate of drug-likeness (QED) is 0.625. The lowest BCUT2D eigenvalue weighted by Crippen LogP contribution is -2.00. The van der Waals surface area contributed by atoms with Gasteiger partial charge in [0.1, 0.15) is 0 Å². The summed E-state index contributed by atoms with van der Waals surface area (Å²) in [5, 5.41) is 1.88. The normalized spacial score (nSPS) is 10.3. The van der Waals surface area contributed by atoms with Crippen LogP contribution in [-0.2, 0) is 0 Å². The second-order valence-electron chi connectivity index (χ2n) is 3.16. The molecule has 0 fully saturated rings. The molecule has 0 aliphatic heterocycles. The van der Waals surface area contributed by atoms with Crippen molar-refractivity contribution in [1.82, 2.24) is 4.98 Å². The highest BCUT2D eigenvalue weighted by molar-refractivity contribution is 14.1. The van der Waals surface area contributed by atoms with E-state index in [1.165, 1.54) is 0 Å². The number of carbonyl (C=O) groups is 1. The van der Waals surface area contributed by atoms with E-state index in [4.69, 9.17) is 0 Å². The van der Waals surface area contributed by atoms with Gasteiger partial charge in [0.2, 0.25) is 0 Å². The summed E-state index contributed by atoms with van der Waals surface area (Å²) >= 11 is 3.79. The van der Waals surface area contributed by atoms with Crippen molar-refractivity contribution in [3.8, 4) is 0 Å². The van der Waals surface area contributed by atoms with E-state index in [0.717, 1.165) is 14.1 Å². The van der Waals surface area contributed by atoms with Crippen LogP contribution in [0.25, 0.3) is 0 Å². The molecular formula is C11H8INOS. The highest BCUT2D eigenvalue weighted by atomic mass is 127. The predicted molar refractivity (Wildman–Crippen MR) is 69.4 cm³/mol. The minimum atomic E-state index is 0.0432. The van der Waals surface area contributed by atoms with Crippen LogP contribution in [0.15, 0.2) is 29.8 Å². The van der Waals surface area contributed by atoms with Crippen LogP contribution in [0, 0.1) is 9.81 Å². The number of hydrogen-bond donors (Lipinski definition) is 0. The summed E-state index contributed by atoms with van der Waals surface area (Å²) in [7, 11) is 0. The molecule has 0 radical (unpaired) electrons. The summed E-state index contributed by atoms with van der Waals surface area (Å²) in [4.78, 5) is 16.0. The summed E-state index contributed by atoms with van der Waals surface area (Å²) in [6, 6.07) is 5.56. The highest BCUT2D eigenvalue weighted by Gasteiger charge is 2.10. The molecule has 0 bridgehead atoms. The van der Waals surface area contributed by atoms with E-state index in [2.05, 4.69) is 27.6 Å². The minimum absolute atomic E-state index is 0.0432. The van der Waals surface area contributed by atoms with Crippen molar-refractivity contribution in [1.29, 1.82) is 0 Å². The van der Waals surface area contributed by atoms with E-state index in [-0.39, 0.29) is 5.78 Å². The average Bonchev–Trinajstić information content (AvgIpc) is 2.65. The van der Waals surface area contributed by atoms with Crippen molar-refractivity contribution in [2.75, 3.05) is 0 Å². The Bertz CT molecular complexity index is 490. The molecule has 0 spiro atoms. The second kappa shape index (κ2) is 4.40. The maximum absolute atomic E-state index is 11.9. The molecule has 0 amide bonds. The van der Waals surface area contributed by atoms with Crippen LogP contribution in [0.1, 0.15) is 21.6 Å². The smallest absolute Gasteiger partial charge is 0.195 e. The number of nitrogens with zero attached hydrogens (tertiary/aromatic N) is 1. The molecule has 0 atom stereocenters. The highest BCUT2D eigenvalue weighted by Crippen LogP contribution is 2.19. The van der Waals surface area contributed by atoms with Gasteiger partial charge in [-0.05, 0) is 47.7 Å². The summed E-state index contributed by atoms with van der Waals surface area (Å²) in [5.41, 5.74) is 2.32. The molecule has 2 aromatic heterocycles. The van der Waals surface area contributed by atoms with E-state index in [1.54, 1.807) is 17.5 Å². The fourth-order valence-electron chi connectivity index (χ4n) is 1.20. The van der Waals surface area contributed by atoms with E-state index in [1.807, 2.05) is 30.5 Å². The Morgan fingerprint density at radius 3 is 2.73 bits per heavy atom. The maximum atomic E-state index is 11.9. The molecular weight excluding hydrogens is 321 g/mol. The van der Waals surface area contributed by atoms with Crippen LogP contribution in [0.3, 0.4) is 0 Å². The molecule has 2 rings (SSSR count). The van der Waals surface area contributed by atoms with Crippen LogP contribution in [-0.4, -0.2) is 10.8 Å². The van der Waals surface area contributed by atoms with Gasteiger partial charge < -0.3 is 0 Å². The lowest BCUT2D eigenvalue weighted by molar-refractivity contribution is 0.103. The fraction of sp³-hybridized carbons (Fsp3) is 0.0909. The zero-order valence-corrected chi connectivity index (χ0v) is 11.0. The minimum Gasteiger partial charge on any atom is -0.289 e. The Balaban J connectivity index is 2.32. The molecule has 0 N–H and O–H groups in total. The first-order valence-corrected chi connectivity index (χ1v) is 6.34. The number of rotatable bonds is 2. The van der Waals surface area contributed by atoms with Gasteiger partial charge in [-0.3, -0.25) is 9.78 Å². The molecule has 0 aliphatic carbocycles. The monoisotopic (exact) mass is 329 g/mol. The molecule has 0 aromatic carbocycles. The van der Waals surface area contributed by atoms with Gasteiger partial charge in [0.15, 0.2) is 5.78 Å². The van der Waals surface area contributed by atoms with Gasteiger partial charge in [0, 0.05) is 28.4 Å². The SMILES string of the molecule is Cc1ccc(C(=O)c2csc(I)c2)cn1. The first-order chi connectivity index (χ1) is 7.16. The van der Waals surface area contributed by atoms with Crippen LogP contribution < -0.4 is 0 Å². The van der Waals surface area contributed by atoms with Gasteiger partial charge in [-0.2, -0.15) is 0 Å². The summed E-state index contributed by atoms with van der Waals surface area (Å²) in [6.07, 6.45) is 1.63. The summed E-state index contributed by atoms with van der Waals surface area (Å²) in [6.45, 7) is 1.90. The van der Waals surface area contributed by atoms with Gasteiger partial charge in [0.05, 0.1) is 2.88 Å². The molecule has 2 heterocycles. The number of thiophene rings is 1. The van der Waals surface area contributed by atoms with Gasteiger partial charge in [-0.25, -0.2) is 0 Å². The van der Waals surface area contributed by atoms with E-state index < -0.39 is 0 Å². The third-order valence-electron chi connectivity index (χ3n) is 2.00. The van der Waals surface area contributed by atoms with Crippen molar-refractivity contribution in [2.24, 2.45) is 0 Å². The third-order valence-corrected chi connectivity index (χ3v) is 3.79. The number of carbonyl (C=O) groups excluding carboxylic acids is 1. The Kier molecular flexibility index (Phi) is 3.16. The predicted octanol–water partition coefficient (Wildman–Crippen LogP) is 3.29. The fourth-order valence-corrected chi connectivity index (χ4v) is 2.52. The lowest BCUT2D eigenvalue weighted by atomic mass is 10.1. The second-order valence-corrected chi connectivity index (χ2v) is 5.96. The first kappa shape index (κ1) is 10.8. The molecule has 4 heteroatoms. The van der Waals surface area contributed by atoms with E-state index in [0.29, 0.717) is 5.56 Å². The third kappa shape index (κ3) is 2.43. The molecule has 15 heavy (non-hydrogen) atoms. The maximum Gasteiger partial charge on any atom is 0.195 e. The van der Waals surface area contributed by atoms with E-state index in [9.17, 15) is 4.79 Å². The Morgan fingerprint density at radius 2 is 2.20 bits per heavy atom. The number of pyridine rings is 1. The topological polar surface area (TPSA) is 30.0 Å². The van der Waals surface area contributed by atoms with Crippen LogP contribution >= 0.6 is 33.9 Å².